The molecule has 90 valence electrons. The van der Waals surface area contributed by atoms with E-state index in [0.29, 0.717) is 11.5 Å². The molecule has 0 fully saturated rings. The number of aliphatic hydroxyl groups is 1. The fraction of sp³-hybridized carbons (Fsp3) is 0.364. The van der Waals surface area contributed by atoms with Crippen LogP contribution in [0.5, 0.6) is 11.5 Å². The molecule has 0 amide bonds. The molecule has 0 aliphatic heterocycles. The molecule has 0 aliphatic rings. The van der Waals surface area contributed by atoms with Crippen LogP contribution in [0.2, 0.25) is 0 Å². The van der Waals surface area contributed by atoms with Crippen LogP contribution < -0.4 is 9.47 Å². The number of carboxylic acids is 1. The van der Waals surface area contributed by atoms with Crippen molar-refractivity contribution in [2.24, 2.45) is 0 Å². The zero-order valence-corrected chi connectivity index (χ0v) is 9.56. The van der Waals surface area contributed by atoms with Gasteiger partial charge in [-0.2, -0.15) is 0 Å². The van der Waals surface area contributed by atoms with E-state index in [2.05, 4.69) is 0 Å². The first-order chi connectivity index (χ1) is 7.54. The topological polar surface area (TPSA) is 76.0 Å². The Hall–Kier alpha value is -1.75. The lowest BCUT2D eigenvalue weighted by atomic mass is 10.2. The highest BCUT2D eigenvalue weighted by Gasteiger charge is 2.02. The van der Waals surface area contributed by atoms with Crippen LogP contribution in [0.1, 0.15) is 12.5 Å². The van der Waals surface area contributed by atoms with E-state index in [1.807, 2.05) is 0 Å². The Morgan fingerprint density at radius 3 is 2.12 bits per heavy atom. The Balaban J connectivity index is 0.000000487. The highest BCUT2D eigenvalue weighted by molar-refractivity contribution is 5.62. The van der Waals surface area contributed by atoms with Crippen molar-refractivity contribution in [2.75, 3.05) is 14.2 Å². The van der Waals surface area contributed by atoms with Crippen LogP contribution in [-0.2, 0) is 11.4 Å². The molecule has 0 radical (unpaired) electrons. The summed E-state index contributed by atoms with van der Waals surface area (Å²) >= 11 is 0. The third-order valence-electron chi connectivity index (χ3n) is 1.63. The third kappa shape index (κ3) is 5.21. The summed E-state index contributed by atoms with van der Waals surface area (Å²) in [7, 11) is 3.15. The van der Waals surface area contributed by atoms with Crippen LogP contribution in [0.4, 0.5) is 0 Å². The number of benzene rings is 1. The minimum Gasteiger partial charge on any atom is -0.493 e. The predicted octanol–water partition coefficient (Wildman–Crippen LogP) is 1.29. The number of methoxy groups -OCH3 is 2. The molecule has 0 spiro atoms. The molecule has 5 heteroatoms. The Kier molecular flexibility index (Phi) is 6.71. The van der Waals surface area contributed by atoms with Crippen molar-refractivity contribution in [3.8, 4) is 11.5 Å². The Bertz CT molecular complexity index is 331. The summed E-state index contributed by atoms with van der Waals surface area (Å²) in [5.41, 5.74) is 0.813. The molecule has 0 aromatic heterocycles. The number of aliphatic hydroxyl groups excluding tert-OH is 1. The summed E-state index contributed by atoms with van der Waals surface area (Å²) in [6.45, 7) is 1.10. The molecule has 0 heterocycles. The zero-order valence-electron chi connectivity index (χ0n) is 9.56. The second kappa shape index (κ2) is 7.53. The lowest BCUT2D eigenvalue weighted by molar-refractivity contribution is -0.134. The van der Waals surface area contributed by atoms with Gasteiger partial charge < -0.3 is 19.7 Å². The maximum absolute atomic E-state index is 9.00. The summed E-state index contributed by atoms with van der Waals surface area (Å²) < 4.78 is 10.1. The van der Waals surface area contributed by atoms with E-state index in [1.165, 1.54) is 0 Å². The van der Waals surface area contributed by atoms with E-state index in [1.54, 1.807) is 32.4 Å². The molecule has 5 nitrogen and oxygen atoms in total. The quantitative estimate of drug-likeness (QED) is 0.815. The number of ether oxygens (including phenoxy) is 2. The van der Waals surface area contributed by atoms with Crippen molar-refractivity contribution >= 4 is 5.97 Å². The number of hydrogen-bond acceptors (Lipinski definition) is 4. The van der Waals surface area contributed by atoms with Gasteiger partial charge in [-0.1, -0.05) is 6.07 Å². The van der Waals surface area contributed by atoms with Crippen LogP contribution in [-0.4, -0.2) is 30.4 Å². The molecule has 1 aromatic carbocycles. The van der Waals surface area contributed by atoms with Crippen molar-refractivity contribution in [2.45, 2.75) is 13.5 Å². The van der Waals surface area contributed by atoms with Gasteiger partial charge in [0, 0.05) is 6.92 Å². The first-order valence-electron chi connectivity index (χ1n) is 4.56. The summed E-state index contributed by atoms with van der Waals surface area (Å²) in [5, 5.41) is 16.2. The second-order valence-corrected chi connectivity index (χ2v) is 2.87. The molecule has 0 bridgehead atoms. The van der Waals surface area contributed by atoms with Gasteiger partial charge in [0.15, 0.2) is 11.5 Å². The van der Waals surface area contributed by atoms with Gasteiger partial charge in [0.1, 0.15) is 0 Å². The molecule has 0 aliphatic carbocycles. The van der Waals surface area contributed by atoms with Crippen LogP contribution in [0.15, 0.2) is 18.2 Å². The average molecular weight is 228 g/mol. The molecule has 0 atom stereocenters. The lowest BCUT2D eigenvalue weighted by Gasteiger charge is -2.07. The number of rotatable bonds is 3. The van der Waals surface area contributed by atoms with Crippen molar-refractivity contribution in [3.63, 3.8) is 0 Å². The predicted molar refractivity (Wildman–Crippen MR) is 58.8 cm³/mol. The van der Waals surface area contributed by atoms with Gasteiger partial charge in [-0.05, 0) is 17.7 Å². The highest BCUT2D eigenvalue weighted by Crippen LogP contribution is 2.27. The smallest absolute Gasteiger partial charge is 0.300 e. The van der Waals surface area contributed by atoms with Crippen LogP contribution in [0, 0.1) is 0 Å². The van der Waals surface area contributed by atoms with Gasteiger partial charge >= 0.3 is 0 Å². The van der Waals surface area contributed by atoms with E-state index in [9.17, 15) is 0 Å². The fourth-order valence-electron chi connectivity index (χ4n) is 0.979. The minimum atomic E-state index is -0.833. The fourth-order valence-corrected chi connectivity index (χ4v) is 0.979. The first kappa shape index (κ1) is 14.2. The lowest BCUT2D eigenvalue weighted by Crippen LogP contribution is -1.92. The van der Waals surface area contributed by atoms with Crippen molar-refractivity contribution < 1.29 is 24.5 Å². The first-order valence-corrected chi connectivity index (χ1v) is 4.56. The molecule has 1 aromatic rings. The van der Waals surface area contributed by atoms with E-state index < -0.39 is 5.97 Å². The van der Waals surface area contributed by atoms with Gasteiger partial charge in [-0.3, -0.25) is 4.79 Å². The van der Waals surface area contributed by atoms with Gasteiger partial charge in [0.25, 0.3) is 5.97 Å². The van der Waals surface area contributed by atoms with Crippen molar-refractivity contribution in [1.29, 1.82) is 0 Å². The van der Waals surface area contributed by atoms with Gasteiger partial charge in [-0.25, -0.2) is 0 Å². The maximum Gasteiger partial charge on any atom is 0.300 e. The number of hydrogen-bond donors (Lipinski definition) is 2. The van der Waals surface area contributed by atoms with Gasteiger partial charge in [-0.15, -0.1) is 0 Å². The van der Waals surface area contributed by atoms with Crippen molar-refractivity contribution in [1.82, 2.24) is 0 Å². The number of carboxylic acid groups (broad SMARTS) is 1. The summed E-state index contributed by atoms with van der Waals surface area (Å²) in [6.07, 6.45) is 0. The highest BCUT2D eigenvalue weighted by atomic mass is 16.5. The summed E-state index contributed by atoms with van der Waals surface area (Å²) in [6, 6.07) is 5.31. The summed E-state index contributed by atoms with van der Waals surface area (Å²) in [5.74, 6) is 0.485. The standard InChI is InChI=1S/C9H12O3.C2H4O2/c1-11-8-4-3-7(6-10)5-9(8)12-2;1-2(3)4/h3-5,10H,6H2,1-2H3;1H3,(H,3,4). The molecular weight excluding hydrogens is 212 g/mol. The van der Waals surface area contributed by atoms with Gasteiger partial charge in [0.2, 0.25) is 0 Å². The third-order valence-corrected chi connectivity index (χ3v) is 1.63. The molecule has 16 heavy (non-hydrogen) atoms. The SMILES string of the molecule is CC(=O)O.COc1ccc(CO)cc1OC. The average Bonchev–Trinajstić information content (AvgIpc) is 2.27. The monoisotopic (exact) mass is 228 g/mol. The summed E-state index contributed by atoms with van der Waals surface area (Å²) in [4.78, 5) is 9.00. The molecule has 1 rings (SSSR count). The van der Waals surface area contributed by atoms with Crippen LogP contribution in [0.3, 0.4) is 0 Å². The van der Waals surface area contributed by atoms with Crippen molar-refractivity contribution in [3.05, 3.63) is 23.8 Å². The molecule has 2 N–H and O–H groups in total. The van der Waals surface area contributed by atoms with E-state index >= 15 is 0 Å². The van der Waals surface area contributed by atoms with E-state index in [-0.39, 0.29) is 6.61 Å². The molecular formula is C11H16O5. The molecule has 0 saturated heterocycles. The Labute approximate surface area is 94.2 Å². The largest absolute Gasteiger partial charge is 0.493 e. The molecule has 0 saturated carbocycles. The maximum atomic E-state index is 9.00. The second-order valence-electron chi connectivity index (χ2n) is 2.87. The minimum absolute atomic E-state index is 0.0142. The molecule has 0 unspecified atom stereocenters. The Morgan fingerprint density at radius 1 is 1.25 bits per heavy atom. The van der Waals surface area contributed by atoms with E-state index in [4.69, 9.17) is 24.5 Å². The van der Waals surface area contributed by atoms with Gasteiger partial charge in [0.05, 0.1) is 20.8 Å². The number of aliphatic carboxylic acids is 1. The zero-order chi connectivity index (χ0) is 12.6. The van der Waals surface area contributed by atoms with E-state index in [0.717, 1.165) is 12.5 Å². The normalized spacial score (nSPS) is 8.75. The van der Waals surface area contributed by atoms with Crippen LogP contribution in [0.25, 0.3) is 0 Å². The Morgan fingerprint density at radius 2 is 1.75 bits per heavy atom. The van der Waals surface area contributed by atoms with Crippen LogP contribution >= 0.6 is 0 Å². The number of carbonyl (C=O) groups is 1.